The number of fused-ring (bicyclic) bond motifs is 1. The van der Waals surface area contributed by atoms with Gasteiger partial charge >= 0.3 is 0 Å². The lowest BCUT2D eigenvalue weighted by Gasteiger charge is -2.04. The molecule has 2 aromatic rings. The van der Waals surface area contributed by atoms with Gasteiger partial charge < -0.3 is 0 Å². The maximum absolute atomic E-state index is 11.6. The molecule has 1 aromatic carbocycles. The standard InChI is InChI=1S/C13H13NO/c1-3-12(15)11-7-9(2)13-10(8-11)5-4-6-14-13/h4-8H,3H2,1-2H3. The van der Waals surface area contributed by atoms with Crippen LogP contribution in [-0.2, 0) is 0 Å². The minimum Gasteiger partial charge on any atom is -0.294 e. The van der Waals surface area contributed by atoms with Gasteiger partial charge in [-0.1, -0.05) is 13.0 Å². The lowest BCUT2D eigenvalue weighted by Crippen LogP contribution is -1.97. The van der Waals surface area contributed by atoms with E-state index < -0.39 is 0 Å². The van der Waals surface area contributed by atoms with Crippen molar-refractivity contribution < 1.29 is 4.79 Å². The van der Waals surface area contributed by atoms with Gasteiger partial charge in [0.1, 0.15) is 0 Å². The summed E-state index contributed by atoms with van der Waals surface area (Å²) in [6.45, 7) is 3.87. The van der Waals surface area contributed by atoms with Crippen LogP contribution in [-0.4, -0.2) is 10.8 Å². The van der Waals surface area contributed by atoms with E-state index in [0.717, 1.165) is 22.0 Å². The van der Waals surface area contributed by atoms with Gasteiger partial charge in [-0.15, -0.1) is 0 Å². The molecule has 0 aliphatic carbocycles. The number of ketones is 1. The minimum atomic E-state index is 0.184. The topological polar surface area (TPSA) is 30.0 Å². The average molecular weight is 199 g/mol. The van der Waals surface area contributed by atoms with Crippen molar-refractivity contribution >= 4 is 16.7 Å². The summed E-state index contributed by atoms with van der Waals surface area (Å²) in [7, 11) is 0. The molecular formula is C13H13NO. The molecule has 2 heteroatoms. The second-order valence-corrected chi connectivity index (χ2v) is 3.64. The predicted molar refractivity (Wildman–Crippen MR) is 61.1 cm³/mol. The van der Waals surface area contributed by atoms with Gasteiger partial charge in [0.15, 0.2) is 5.78 Å². The number of rotatable bonds is 2. The average Bonchev–Trinajstić information content (AvgIpc) is 2.28. The van der Waals surface area contributed by atoms with Gasteiger partial charge in [-0.05, 0) is 30.7 Å². The number of pyridine rings is 1. The largest absolute Gasteiger partial charge is 0.294 e. The summed E-state index contributed by atoms with van der Waals surface area (Å²) in [5.41, 5.74) is 2.82. The third-order valence-corrected chi connectivity index (χ3v) is 2.54. The highest BCUT2D eigenvalue weighted by Gasteiger charge is 2.06. The van der Waals surface area contributed by atoms with Crippen LogP contribution in [0.1, 0.15) is 29.3 Å². The molecule has 0 saturated carbocycles. The summed E-state index contributed by atoms with van der Waals surface area (Å²) >= 11 is 0. The molecule has 0 radical (unpaired) electrons. The zero-order chi connectivity index (χ0) is 10.8. The Labute approximate surface area is 89.0 Å². The summed E-state index contributed by atoms with van der Waals surface area (Å²) in [5, 5.41) is 1.04. The van der Waals surface area contributed by atoms with Crippen LogP contribution < -0.4 is 0 Å². The molecule has 0 atom stereocenters. The van der Waals surface area contributed by atoms with Crippen LogP contribution in [0.15, 0.2) is 30.5 Å². The Morgan fingerprint density at radius 1 is 1.40 bits per heavy atom. The molecule has 0 unspecified atom stereocenters. The molecule has 0 aliphatic heterocycles. The van der Waals surface area contributed by atoms with Gasteiger partial charge in [-0.2, -0.15) is 0 Å². The van der Waals surface area contributed by atoms with Crippen LogP contribution in [0.3, 0.4) is 0 Å². The second kappa shape index (κ2) is 3.81. The van der Waals surface area contributed by atoms with Gasteiger partial charge in [0.2, 0.25) is 0 Å². The molecule has 0 N–H and O–H groups in total. The highest BCUT2D eigenvalue weighted by Crippen LogP contribution is 2.19. The number of aryl methyl sites for hydroxylation is 1. The molecule has 0 spiro atoms. The van der Waals surface area contributed by atoms with E-state index in [1.807, 2.05) is 38.1 Å². The van der Waals surface area contributed by atoms with Crippen molar-refractivity contribution in [3.05, 3.63) is 41.6 Å². The molecule has 0 aliphatic rings. The first kappa shape index (κ1) is 9.84. The number of carbonyl (C=O) groups is 1. The fourth-order valence-electron chi connectivity index (χ4n) is 1.74. The van der Waals surface area contributed by atoms with Gasteiger partial charge in [0.25, 0.3) is 0 Å². The summed E-state index contributed by atoms with van der Waals surface area (Å²) in [6, 6.07) is 7.71. The molecule has 1 heterocycles. The maximum atomic E-state index is 11.6. The molecule has 0 saturated heterocycles. The fraction of sp³-hybridized carbons (Fsp3) is 0.231. The molecular weight excluding hydrogens is 186 g/mol. The molecule has 15 heavy (non-hydrogen) atoms. The van der Waals surface area contributed by atoms with E-state index in [4.69, 9.17) is 0 Å². The van der Waals surface area contributed by atoms with Crippen molar-refractivity contribution in [2.24, 2.45) is 0 Å². The van der Waals surface area contributed by atoms with Crippen LogP contribution >= 0.6 is 0 Å². The Morgan fingerprint density at radius 3 is 2.93 bits per heavy atom. The first-order chi connectivity index (χ1) is 7.22. The van der Waals surface area contributed by atoms with Crippen LogP contribution in [0.5, 0.6) is 0 Å². The highest BCUT2D eigenvalue weighted by atomic mass is 16.1. The molecule has 1 aromatic heterocycles. The quantitative estimate of drug-likeness (QED) is 0.695. The summed E-state index contributed by atoms with van der Waals surface area (Å²) < 4.78 is 0. The zero-order valence-corrected chi connectivity index (χ0v) is 8.95. The number of aromatic nitrogens is 1. The number of nitrogens with zero attached hydrogens (tertiary/aromatic N) is 1. The number of Topliss-reactive ketones (excluding diaryl/α,β-unsaturated/α-hetero) is 1. The van der Waals surface area contributed by atoms with Crippen molar-refractivity contribution in [3.63, 3.8) is 0 Å². The third-order valence-electron chi connectivity index (χ3n) is 2.54. The van der Waals surface area contributed by atoms with Crippen LogP contribution in [0, 0.1) is 6.92 Å². The number of carbonyl (C=O) groups excluding carboxylic acids is 1. The van der Waals surface area contributed by atoms with Crippen molar-refractivity contribution in [3.8, 4) is 0 Å². The van der Waals surface area contributed by atoms with Crippen molar-refractivity contribution in [2.45, 2.75) is 20.3 Å². The van der Waals surface area contributed by atoms with Gasteiger partial charge in [0, 0.05) is 23.6 Å². The van der Waals surface area contributed by atoms with E-state index in [1.165, 1.54) is 0 Å². The number of hydrogen-bond acceptors (Lipinski definition) is 2. The van der Waals surface area contributed by atoms with E-state index in [2.05, 4.69) is 4.98 Å². The Hall–Kier alpha value is -1.70. The van der Waals surface area contributed by atoms with Crippen LogP contribution in [0.2, 0.25) is 0 Å². The third kappa shape index (κ3) is 1.75. The molecule has 76 valence electrons. The molecule has 2 rings (SSSR count). The second-order valence-electron chi connectivity index (χ2n) is 3.64. The van der Waals surface area contributed by atoms with Crippen molar-refractivity contribution in [1.82, 2.24) is 4.98 Å². The lowest BCUT2D eigenvalue weighted by atomic mass is 10.0. The normalized spacial score (nSPS) is 10.5. The Balaban J connectivity index is 2.67. The monoisotopic (exact) mass is 199 g/mol. The number of hydrogen-bond donors (Lipinski definition) is 0. The lowest BCUT2D eigenvalue weighted by molar-refractivity contribution is 0.0988. The first-order valence-corrected chi connectivity index (χ1v) is 5.11. The van der Waals surface area contributed by atoms with Crippen LogP contribution in [0.25, 0.3) is 10.9 Å². The smallest absolute Gasteiger partial charge is 0.162 e. The fourth-order valence-corrected chi connectivity index (χ4v) is 1.74. The highest BCUT2D eigenvalue weighted by molar-refractivity contribution is 6.00. The first-order valence-electron chi connectivity index (χ1n) is 5.11. The molecule has 0 fully saturated rings. The van der Waals surface area contributed by atoms with E-state index >= 15 is 0 Å². The summed E-state index contributed by atoms with van der Waals surface area (Å²) in [6.07, 6.45) is 2.32. The van der Waals surface area contributed by atoms with E-state index in [0.29, 0.717) is 6.42 Å². The van der Waals surface area contributed by atoms with Gasteiger partial charge in [-0.25, -0.2) is 0 Å². The van der Waals surface area contributed by atoms with E-state index in [9.17, 15) is 4.79 Å². The number of benzene rings is 1. The Bertz CT molecular complexity index is 517. The van der Waals surface area contributed by atoms with Crippen molar-refractivity contribution in [2.75, 3.05) is 0 Å². The Morgan fingerprint density at radius 2 is 2.20 bits per heavy atom. The maximum Gasteiger partial charge on any atom is 0.162 e. The van der Waals surface area contributed by atoms with Crippen molar-refractivity contribution in [1.29, 1.82) is 0 Å². The minimum absolute atomic E-state index is 0.184. The van der Waals surface area contributed by atoms with Gasteiger partial charge in [0.05, 0.1) is 5.52 Å². The predicted octanol–water partition coefficient (Wildman–Crippen LogP) is 3.14. The zero-order valence-electron chi connectivity index (χ0n) is 8.95. The summed E-state index contributed by atoms with van der Waals surface area (Å²) in [5.74, 6) is 0.184. The Kier molecular flexibility index (Phi) is 2.50. The summed E-state index contributed by atoms with van der Waals surface area (Å²) in [4.78, 5) is 15.9. The van der Waals surface area contributed by atoms with Gasteiger partial charge in [-0.3, -0.25) is 9.78 Å². The van der Waals surface area contributed by atoms with Crippen LogP contribution in [0.4, 0.5) is 0 Å². The van der Waals surface area contributed by atoms with E-state index in [1.54, 1.807) is 6.20 Å². The SMILES string of the molecule is CCC(=O)c1cc(C)c2ncccc2c1. The molecule has 2 nitrogen and oxygen atoms in total. The van der Waals surface area contributed by atoms with E-state index in [-0.39, 0.29) is 5.78 Å². The molecule has 0 bridgehead atoms. The molecule has 0 amide bonds.